The SMILES string of the molecule is O=C(O)CC1CN(C(=O)C2CCC(C(F)(F)F)CC2)C1. The largest absolute Gasteiger partial charge is 0.481 e. The Morgan fingerprint density at radius 1 is 1.10 bits per heavy atom. The Kier molecular flexibility index (Phi) is 4.25. The van der Waals surface area contributed by atoms with E-state index in [-0.39, 0.29) is 49.8 Å². The Labute approximate surface area is 114 Å². The molecule has 7 heteroatoms. The molecule has 114 valence electrons. The maximum atomic E-state index is 12.5. The second-order valence-electron chi connectivity index (χ2n) is 5.80. The number of carboxylic acids is 1. The number of hydrogen-bond acceptors (Lipinski definition) is 2. The first-order valence-corrected chi connectivity index (χ1v) is 6.84. The molecule has 0 spiro atoms. The predicted molar refractivity (Wildman–Crippen MR) is 63.8 cm³/mol. The molecule has 20 heavy (non-hydrogen) atoms. The van der Waals surface area contributed by atoms with Crippen LogP contribution in [0, 0.1) is 17.8 Å². The molecule has 0 atom stereocenters. The Hall–Kier alpha value is -1.27. The molecule has 0 aromatic heterocycles. The number of carbonyl (C=O) groups is 2. The quantitative estimate of drug-likeness (QED) is 0.868. The topological polar surface area (TPSA) is 57.6 Å². The Balaban J connectivity index is 1.75. The van der Waals surface area contributed by atoms with Gasteiger partial charge < -0.3 is 10.0 Å². The van der Waals surface area contributed by atoms with Gasteiger partial charge in [0.25, 0.3) is 0 Å². The highest BCUT2D eigenvalue weighted by molar-refractivity contribution is 5.80. The molecule has 1 N–H and O–H groups in total. The fourth-order valence-corrected chi connectivity index (χ4v) is 3.05. The van der Waals surface area contributed by atoms with E-state index in [0.717, 1.165) is 0 Å². The summed E-state index contributed by atoms with van der Waals surface area (Å²) in [4.78, 5) is 24.1. The predicted octanol–water partition coefficient (Wildman–Crippen LogP) is 2.29. The molecule has 2 fully saturated rings. The molecule has 0 unspecified atom stereocenters. The molecule has 0 aromatic rings. The van der Waals surface area contributed by atoms with Crippen molar-refractivity contribution < 1.29 is 27.9 Å². The maximum absolute atomic E-state index is 12.5. The third-order valence-electron chi connectivity index (χ3n) is 4.27. The van der Waals surface area contributed by atoms with E-state index < -0.39 is 18.1 Å². The van der Waals surface area contributed by atoms with Crippen molar-refractivity contribution in [3.63, 3.8) is 0 Å². The number of alkyl halides is 3. The molecule has 0 radical (unpaired) electrons. The summed E-state index contributed by atoms with van der Waals surface area (Å²) in [7, 11) is 0. The van der Waals surface area contributed by atoms with Gasteiger partial charge in [0.2, 0.25) is 5.91 Å². The van der Waals surface area contributed by atoms with E-state index in [1.807, 2.05) is 0 Å². The molecule has 2 rings (SSSR count). The van der Waals surface area contributed by atoms with Gasteiger partial charge in [-0.2, -0.15) is 13.2 Å². The van der Waals surface area contributed by atoms with Gasteiger partial charge in [0, 0.05) is 24.9 Å². The number of hydrogen-bond donors (Lipinski definition) is 1. The van der Waals surface area contributed by atoms with Crippen molar-refractivity contribution >= 4 is 11.9 Å². The van der Waals surface area contributed by atoms with Gasteiger partial charge in [0.15, 0.2) is 0 Å². The molecular weight excluding hydrogens is 275 g/mol. The normalized spacial score (nSPS) is 28.1. The first-order chi connectivity index (χ1) is 9.27. The summed E-state index contributed by atoms with van der Waals surface area (Å²) in [6.45, 7) is 0.842. The van der Waals surface area contributed by atoms with E-state index in [4.69, 9.17) is 5.11 Å². The second kappa shape index (κ2) is 5.61. The minimum Gasteiger partial charge on any atom is -0.481 e. The highest BCUT2D eigenvalue weighted by Gasteiger charge is 2.44. The Morgan fingerprint density at radius 2 is 1.65 bits per heavy atom. The molecule has 1 aliphatic heterocycles. The summed E-state index contributed by atoms with van der Waals surface area (Å²) < 4.78 is 37.6. The van der Waals surface area contributed by atoms with Gasteiger partial charge in [-0.1, -0.05) is 0 Å². The molecular formula is C13H18F3NO3. The van der Waals surface area contributed by atoms with Crippen LogP contribution in [0.2, 0.25) is 0 Å². The van der Waals surface area contributed by atoms with Crippen LogP contribution < -0.4 is 0 Å². The van der Waals surface area contributed by atoms with E-state index in [1.165, 1.54) is 0 Å². The lowest BCUT2D eigenvalue weighted by atomic mass is 9.80. The van der Waals surface area contributed by atoms with Gasteiger partial charge in [-0.05, 0) is 25.7 Å². The van der Waals surface area contributed by atoms with E-state index in [2.05, 4.69) is 0 Å². The molecule has 0 bridgehead atoms. The van der Waals surface area contributed by atoms with Crippen LogP contribution in [0.5, 0.6) is 0 Å². The third-order valence-corrected chi connectivity index (χ3v) is 4.27. The monoisotopic (exact) mass is 293 g/mol. The molecule has 1 saturated carbocycles. The summed E-state index contributed by atoms with van der Waals surface area (Å²) in [6, 6.07) is 0. The molecule has 2 aliphatic rings. The molecule has 1 amide bonds. The van der Waals surface area contributed by atoms with Crippen LogP contribution >= 0.6 is 0 Å². The number of carbonyl (C=O) groups excluding carboxylic acids is 1. The number of amides is 1. The van der Waals surface area contributed by atoms with Crippen LogP contribution in [0.1, 0.15) is 32.1 Å². The molecule has 1 saturated heterocycles. The number of nitrogens with zero attached hydrogens (tertiary/aromatic N) is 1. The van der Waals surface area contributed by atoms with E-state index in [0.29, 0.717) is 13.1 Å². The van der Waals surface area contributed by atoms with Crippen molar-refractivity contribution in [3.05, 3.63) is 0 Å². The van der Waals surface area contributed by atoms with Crippen LogP contribution in [0.15, 0.2) is 0 Å². The smallest absolute Gasteiger partial charge is 0.391 e. The number of carboxylic acid groups (broad SMARTS) is 1. The van der Waals surface area contributed by atoms with Crippen LogP contribution in [0.25, 0.3) is 0 Å². The van der Waals surface area contributed by atoms with Crippen molar-refractivity contribution in [2.24, 2.45) is 17.8 Å². The minimum absolute atomic E-state index is 0.0111. The zero-order valence-electron chi connectivity index (χ0n) is 11.0. The lowest BCUT2D eigenvalue weighted by Gasteiger charge is -2.41. The standard InChI is InChI=1S/C13H18F3NO3/c14-13(15,16)10-3-1-9(2-4-10)12(20)17-6-8(7-17)5-11(18)19/h8-10H,1-7H2,(H,18,19). The van der Waals surface area contributed by atoms with Crippen molar-refractivity contribution in [3.8, 4) is 0 Å². The summed E-state index contributed by atoms with van der Waals surface area (Å²) in [5, 5.41) is 8.62. The van der Waals surface area contributed by atoms with Crippen LogP contribution in [0.3, 0.4) is 0 Å². The van der Waals surface area contributed by atoms with E-state index >= 15 is 0 Å². The summed E-state index contributed by atoms with van der Waals surface area (Å²) in [6.07, 6.45) is -3.51. The fraction of sp³-hybridized carbons (Fsp3) is 0.846. The Bertz CT molecular complexity index is 383. The molecule has 1 heterocycles. The van der Waals surface area contributed by atoms with Crippen molar-refractivity contribution in [2.45, 2.75) is 38.3 Å². The number of halogens is 3. The highest BCUT2D eigenvalue weighted by Crippen LogP contribution is 2.40. The number of aliphatic carboxylic acids is 1. The fourth-order valence-electron chi connectivity index (χ4n) is 3.05. The van der Waals surface area contributed by atoms with Crippen LogP contribution in [-0.4, -0.2) is 41.1 Å². The minimum atomic E-state index is -4.16. The molecule has 1 aliphatic carbocycles. The van der Waals surface area contributed by atoms with Gasteiger partial charge in [-0.15, -0.1) is 0 Å². The first kappa shape index (κ1) is 15.1. The van der Waals surface area contributed by atoms with Gasteiger partial charge >= 0.3 is 12.1 Å². The lowest BCUT2D eigenvalue weighted by Crippen LogP contribution is -2.53. The summed E-state index contributed by atoms with van der Waals surface area (Å²) in [5.74, 6) is -2.59. The number of rotatable bonds is 3. The summed E-state index contributed by atoms with van der Waals surface area (Å²) in [5.41, 5.74) is 0. The van der Waals surface area contributed by atoms with Gasteiger partial charge in [0.1, 0.15) is 0 Å². The van der Waals surface area contributed by atoms with Gasteiger partial charge in [-0.25, -0.2) is 0 Å². The highest BCUT2D eigenvalue weighted by atomic mass is 19.4. The Morgan fingerprint density at radius 3 is 2.10 bits per heavy atom. The van der Waals surface area contributed by atoms with E-state index in [9.17, 15) is 22.8 Å². The van der Waals surface area contributed by atoms with Crippen molar-refractivity contribution in [2.75, 3.05) is 13.1 Å². The average molecular weight is 293 g/mol. The number of likely N-dealkylation sites (tertiary alicyclic amines) is 1. The van der Waals surface area contributed by atoms with Gasteiger partial charge in [0.05, 0.1) is 12.3 Å². The zero-order chi connectivity index (χ0) is 14.9. The average Bonchev–Trinajstić information content (AvgIpc) is 2.31. The van der Waals surface area contributed by atoms with Crippen LogP contribution in [0.4, 0.5) is 13.2 Å². The van der Waals surface area contributed by atoms with Crippen molar-refractivity contribution in [1.82, 2.24) is 4.90 Å². The molecule has 4 nitrogen and oxygen atoms in total. The van der Waals surface area contributed by atoms with E-state index in [1.54, 1.807) is 4.90 Å². The zero-order valence-corrected chi connectivity index (χ0v) is 11.0. The van der Waals surface area contributed by atoms with Crippen molar-refractivity contribution in [1.29, 1.82) is 0 Å². The lowest BCUT2D eigenvalue weighted by molar-refractivity contribution is -0.185. The van der Waals surface area contributed by atoms with Crippen LogP contribution in [-0.2, 0) is 9.59 Å². The second-order valence-corrected chi connectivity index (χ2v) is 5.80. The molecule has 0 aromatic carbocycles. The first-order valence-electron chi connectivity index (χ1n) is 6.84. The summed E-state index contributed by atoms with van der Waals surface area (Å²) >= 11 is 0. The maximum Gasteiger partial charge on any atom is 0.391 e. The third kappa shape index (κ3) is 3.43. The van der Waals surface area contributed by atoms with Gasteiger partial charge in [-0.3, -0.25) is 9.59 Å².